The fourth-order valence-corrected chi connectivity index (χ4v) is 1.31. The number of carboxylic acids is 1. The summed E-state index contributed by atoms with van der Waals surface area (Å²) in [6, 6.07) is 6.00. The van der Waals surface area contributed by atoms with Crippen LogP contribution in [-0.2, 0) is 4.79 Å². The van der Waals surface area contributed by atoms with Crippen molar-refractivity contribution in [3.8, 4) is 11.5 Å². The molecule has 106 valence electrons. The quantitative estimate of drug-likeness (QED) is 0.869. The Bertz CT molecular complexity index is 431. The summed E-state index contributed by atoms with van der Waals surface area (Å²) in [4.78, 5) is 10.5. The highest BCUT2D eigenvalue weighted by Crippen LogP contribution is 2.28. The summed E-state index contributed by atoms with van der Waals surface area (Å²) in [5.74, 6) is -3.95. The lowest BCUT2D eigenvalue weighted by molar-refractivity contribution is -0.198. The molecule has 0 radical (unpaired) electrons. The highest BCUT2D eigenvalue weighted by molar-refractivity contribution is 5.71. The maximum Gasteiger partial charge on any atom is 0.405 e. The van der Waals surface area contributed by atoms with E-state index in [2.05, 4.69) is 0 Å². The van der Waals surface area contributed by atoms with Crippen LogP contribution >= 0.6 is 0 Å². The Morgan fingerprint density at radius 1 is 1.32 bits per heavy atom. The number of carbonyl (C=O) groups is 1. The molecule has 0 aliphatic heterocycles. The van der Waals surface area contributed by atoms with Crippen LogP contribution in [0.25, 0.3) is 0 Å². The molecule has 1 aromatic carbocycles. The van der Waals surface area contributed by atoms with Gasteiger partial charge >= 0.3 is 12.1 Å². The highest BCUT2D eigenvalue weighted by Gasteiger charge is 2.45. The Morgan fingerprint density at radius 3 is 2.37 bits per heavy atom. The summed E-state index contributed by atoms with van der Waals surface area (Å²) in [6.07, 6.45) is -4.84. The van der Waals surface area contributed by atoms with E-state index in [1.165, 1.54) is 12.1 Å². The van der Waals surface area contributed by atoms with E-state index in [0.717, 1.165) is 0 Å². The number of carboxylic acid groups (broad SMARTS) is 1. The zero-order chi connectivity index (χ0) is 14.5. The summed E-state index contributed by atoms with van der Waals surface area (Å²) >= 11 is 0. The third-order valence-electron chi connectivity index (χ3n) is 2.23. The fraction of sp³-hybridized carbons (Fsp3) is 0.417. The van der Waals surface area contributed by atoms with Crippen molar-refractivity contribution < 1.29 is 32.5 Å². The molecule has 0 aliphatic carbocycles. The van der Waals surface area contributed by atoms with E-state index in [4.69, 9.17) is 14.6 Å². The van der Waals surface area contributed by atoms with Gasteiger partial charge in [0.15, 0.2) is 5.92 Å². The van der Waals surface area contributed by atoms with Gasteiger partial charge in [0.25, 0.3) is 0 Å². The summed E-state index contributed by atoms with van der Waals surface area (Å²) in [5, 5.41) is 8.50. The van der Waals surface area contributed by atoms with Gasteiger partial charge < -0.3 is 14.6 Å². The van der Waals surface area contributed by atoms with Crippen LogP contribution in [0.2, 0.25) is 0 Å². The molecule has 4 nitrogen and oxygen atoms in total. The second-order valence-corrected chi connectivity index (χ2v) is 3.65. The molecule has 0 fully saturated rings. The number of hydrogen-bond acceptors (Lipinski definition) is 3. The SMILES string of the molecule is CCOc1cccc(OCC(C(=O)O)C(F)(F)F)c1. The van der Waals surface area contributed by atoms with Crippen LogP contribution in [0.15, 0.2) is 24.3 Å². The van der Waals surface area contributed by atoms with Gasteiger partial charge in [-0.05, 0) is 19.1 Å². The molecule has 1 unspecified atom stereocenters. The van der Waals surface area contributed by atoms with Crippen molar-refractivity contribution in [2.24, 2.45) is 5.92 Å². The highest BCUT2D eigenvalue weighted by atomic mass is 19.4. The zero-order valence-electron chi connectivity index (χ0n) is 10.1. The Hall–Kier alpha value is -1.92. The Morgan fingerprint density at radius 2 is 1.89 bits per heavy atom. The average molecular weight is 278 g/mol. The van der Waals surface area contributed by atoms with E-state index in [1.807, 2.05) is 0 Å². The second-order valence-electron chi connectivity index (χ2n) is 3.65. The van der Waals surface area contributed by atoms with Crippen LogP contribution < -0.4 is 9.47 Å². The minimum Gasteiger partial charge on any atom is -0.494 e. The van der Waals surface area contributed by atoms with Crippen molar-refractivity contribution in [1.82, 2.24) is 0 Å². The first-order valence-electron chi connectivity index (χ1n) is 5.49. The molecule has 0 bridgehead atoms. The molecule has 0 aliphatic rings. The van der Waals surface area contributed by atoms with Gasteiger partial charge in [-0.1, -0.05) is 6.07 Å². The lowest BCUT2D eigenvalue weighted by Gasteiger charge is -2.16. The summed E-state index contributed by atoms with van der Waals surface area (Å²) in [7, 11) is 0. The second kappa shape index (κ2) is 6.31. The molecular formula is C12H13F3O4. The van der Waals surface area contributed by atoms with Crippen LogP contribution in [-0.4, -0.2) is 30.5 Å². The van der Waals surface area contributed by atoms with Gasteiger partial charge in [0.2, 0.25) is 0 Å². The van der Waals surface area contributed by atoms with Gasteiger partial charge in [-0.3, -0.25) is 4.79 Å². The maximum absolute atomic E-state index is 12.4. The van der Waals surface area contributed by atoms with Crippen LogP contribution in [0.4, 0.5) is 13.2 Å². The third kappa shape index (κ3) is 4.69. The molecule has 0 saturated carbocycles. The van der Waals surface area contributed by atoms with Crippen LogP contribution in [0, 0.1) is 5.92 Å². The summed E-state index contributed by atoms with van der Waals surface area (Å²) in [5.41, 5.74) is 0. The Labute approximate surface area is 107 Å². The van der Waals surface area contributed by atoms with Crippen LogP contribution in [0.1, 0.15) is 6.92 Å². The number of aliphatic carboxylic acids is 1. The lowest BCUT2D eigenvalue weighted by atomic mass is 10.1. The van der Waals surface area contributed by atoms with E-state index in [1.54, 1.807) is 19.1 Å². The van der Waals surface area contributed by atoms with Crippen molar-refractivity contribution in [3.63, 3.8) is 0 Å². The van der Waals surface area contributed by atoms with Crippen LogP contribution in [0.3, 0.4) is 0 Å². The van der Waals surface area contributed by atoms with Crippen molar-refractivity contribution in [1.29, 1.82) is 0 Å². The minimum absolute atomic E-state index is 0.126. The van der Waals surface area contributed by atoms with E-state index >= 15 is 0 Å². The van der Waals surface area contributed by atoms with E-state index in [-0.39, 0.29) is 5.75 Å². The fourth-order valence-electron chi connectivity index (χ4n) is 1.31. The first-order valence-corrected chi connectivity index (χ1v) is 5.49. The predicted octanol–water partition coefficient (Wildman–Crippen LogP) is 2.73. The van der Waals surface area contributed by atoms with E-state index in [9.17, 15) is 18.0 Å². The summed E-state index contributed by atoms with van der Waals surface area (Å²) < 4.78 is 47.2. The number of halogens is 3. The normalized spacial score (nSPS) is 12.8. The van der Waals surface area contributed by atoms with Gasteiger partial charge in [0, 0.05) is 6.07 Å². The maximum atomic E-state index is 12.4. The first-order chi connectivity index (χ1) is 8.84. The third-order valence-corrected chi connectivity index (χ3v) is 2.23. The molecule has 0 aromatic heterocycles. The molecule has 1 N–H and O–H groups in total. The topological polar surface area (TPSA) is 55.8 Å². The smallest absolute Gasteiger partial charge is 0.405 e. The van der Waals surface area contributed by atoms with E-state index in [0.29, 0.717) is 12.4 Å². The van der Waals surface area contributed by atoms with Crippen LogP contribution in [0.5, 0.6) is 11.5 Å². The Balaban J connectivity index is 2.69. The van der Waals surface area contributed by atoms with Gasteiger partial charge in [0.05, 0.1) is 6.61 Å². The lowest BCUT2D eigenvalue weighted by Crippen LogP contribution is -2.35. The molecule has 1 aromatic rings. The standard InChI is InChI=1S/C12H13F3O4/c1-2-18-8-4-3-5-9(6-8)19-7-10(11(16)17)12(13,14)15/h3-6,10H,2,7H2,1H3,(H,16,17). The molecule has 0 heterocycles. The molecule has 1 atom stereocenters. The van der Waals surface area contributed by atoms with Crippen molar-refractivity contribution >= 4 is 5.97 Å². The van der Waals surface area contributed by atoms with Crippen molar-refractivity contribution in [2.75, 3.05) is 13.2 Å². The molecule has 0 amide bonds. The van der Waals surface area contributed by atoms with E-state index < -0.39 is 24.7 Å². The van der Waals surface area contributed by atoms with Gasteiger partial charge in [-0.15, -0.1) is 0 Å². The average Bonchev–Trinajstić information content (AvgIpc) is 2.27. The number of ether oxygens (including phenoxy) is 2. The van der Waals surface area contributed by atoms with Crippen molar-refractivity contribution in [3.05, 3.63) is 24.3 Å². The molecule has 0 spiro atoms. The van der Waals surface area contributed by atoms with Crippen molar-refractivity contribution in [2.45, 2.75) is 13.1 Å². The molecule has 1 rings (SSSR count). The number of hydrogen-bond donors (Lipinski definition) is 1. The predicted molar refractivity (Wildman–Crippen MR) is 60.3 cm³/mol. The summed E-state index contributed by atoms with van der Waals surface area (Å²) in [6.45, 7) is 1.19. The largest absolute Gasteiger partial charge is 0.494 e. The van der Waals surface area contributed by atoms with Gasteiger partial charge in [0.1, 0.15) is 18.1 Å². The minimum atomic E-state index is -4.84. The molecular weight excluding hydrogens is 265 g/mol. The number of rotatable bonds is 6. The molecule has 19 heavy (non-hydrogen) atoms. The van der Waals surface area contributed by atoms with Gasteiger partial charge in [-0.2, -0.15) is 13.2 Å². The molecule has 7 heteroatoms. The van der Waals surface area contributed by atoms with Gasteiger partial charge in [-0.25, -0.2) is 0 Å². The zero-order valence-corrected chi connectivity index (χ0v) is 10.1. The monoisotopic (exact) mass is 278 g/mol. The molecule has 0 saturated heterocycles. The first kappa shape index (κ1) is 15.1. The Kier molecular flexibility index (Phi) is 5.02. The number of benzene rings is 1. The number of alkyl halides is 3.